The van der Waals surface area contributed by atoms with E-state index in [1.165, 1.54) is 0 Å². The lowest BCUT2D eigenvalue weighted by molar-refractivity contribution is 0.302. The van der Waals surface area contributed by atoms with Crippen LogP contribution in [0.25, 0.3) is 0 Å². The van der Waals surface area contributed by atoms with Gasteiger partial charge >= 0.3 is 0 Å². The van der Waals surface area contributed by atoms with E-state index in [1.807, 2.05) is 30.3 Å². The minimum absolute atomic E-state index is 0.398. The van der Waals surface area contributed by atoms with Gasteiger partial charge in [-0.3, -0.25) is 0 Å². The Morgan fingerprint density at radius 2 is 1.80 bits per heavy atom. The van der Waals surface area contributed by atoms with Crippen molar-refractivity contribution in [3.8, 4) is 11.8 Å². The number of rotatable bonds is 4. The van der Waals surface area contributed by atoms with Crippen molar-refractivity contribution in [2.24, 2.45) is 5.73 Å². The van der Waals surface area contributed by atoms with Gasteiger partial charge in [0.25, 0.3) is 0 Å². The second-order valence-corrected chi connectivity index (χ2v) is 5.90. The van der Waals surface area contributed by atoms with Crippen LogP contribution in [0.2, 0.25) is 0 Å². The number of nitrogens with two attached hydrogens (primary N) is 1. The summed E-state index contributed by atoms with van der Waals surface area (Å²) in [5, 5.41) is 8.88. The van der Waals surface area contributed by atoms with Gasteiger partial charge in [-0.1, -0.05) is 12.1 Å². The third-order valence-electron chi connectivity index (χ3n) is 2.73. The highest BCUT2D eigenvalue weighted by Crippen LogP contribution is 2.35. The summed E-state index contributed by atoms with van der Waals surface area (Å²) in [6, 6.07) is 13.3. The summed E-state index contributed by atoms with van der Waals surface area (Å²) in [7, 11) is 0. The number of ether oxygens (including phenoxy) is 1. The number of benzene rings is 2. The predicted octanol–water partition coefficient (Wildman–Crippen LogP) is 4.12. The van der Waals surface area contributed by atoms with Crippen molar-refractivity contribution in [3.63, 3.8) is 0 Å². The molecule has 102 valence electrons. The second-order valence-electron chi connectivity index (χ2n) is 4.19. The maximum atomic E-state index is 8.88. The van der Waals surface area contributed by atoms with Gasteiger partial charge in [-0.05, 0) is 67.3 Å². The quantitative estimate of drug-likeness (QED) is 0.846. The van der Waals surface area contributed by atoms with Crippen LogP contribution in [-0.4, -0.2) is 0 Å². The zero-order valence-electron chi connectivity index (χ0n) is 10.6. The second kappa shape index (κ2) is 6.89. The van der Waals surface area contributed by atoms with E-state index in [0.717, 1.165) is 25.8 Å². The van der Waals surface area contributed by atoms with Crippen LogP contribution in [0.15, 0.2) is 45.3 Å². The van der Waals surface area contributed by atoms with Crippen LogP contribution in [0.1, 0.15) is 16.7 Å². The van der Waals surface area contributed by atoms with Crippen molar-refractivity contribution >= 4 is 31.9 Å². The molecule has 0 aromatic heterocycles. The van der Waals surface area contributed by atoms with Gasteiger partial charge in [0, 0.05) is 6.54 Å². The van der Waals surface area contributed by atoms with Gasteiger partial charge in [0.2, 0.25) is 0 Å². The molecule has 0 aliphatic carbocycles. The van der Waals surface area contributed by atoms with Gasteiger partial charge in [-0.15, -0.1) is 0 Å². The Hall–Kier alpha value is -1.35. The molecule has 0 saturated carbocycles. The van der Waals surface area contributed by atoms with Crippen LogP contribution in [0.4, 0.5) is 0 Å². The van der Waals surface area contributed by atoms with Gasteiger partial charge in [-0.25, -0.2) is 0 Å². The fourth-order valence-corrected chi connectivity index (χ4v) is 3.26. The van der Waals surface area contributed by atoms with E-state index in [4.69, 9.17) is 15.7 Å². The normalized spacial score (nSPS) is 10.1. The van der Waals surface area contributed by atoms with Crippen molar-refractivity contribution in [1.82, 2.24) is 0 Å². The topological polar surface area (TPSA) is 59.0 Å². The van der Waals surface area contributed by atoms with E-state index in [0.29, 0.717) is 18.7 Å². The molecular formula is C15H12Br2N2O. The van der Waals surface area contributed by atoms with E-state index in [-0.39, 0.29) is 0 Å². The molecule has 0 fully saturated rings. The standard InChI is InChI=1S/C15H12Br2N2O/c16-13-5-12(8-19)6-14(17)15(13)20-9-11-3-1-2-10(4-11)7-18/h1-6H,8-9,19H2. The Labute approximate surface area is 134 Å². The summed E-state index contributed by atoms with van der Waals surface area (Å²) in [4.78, 5) is 0. The zero-order chi connectivity index (χ0) is 14.5. The Bertz CT molecular complexity index is 642. The molecule has 0 atom stereocenters. The molecule has 0 heterocycles. The first-order valence-corrected chi connectivity index (χ1v) is 7.52. The first-order chi connectivity index (χ1) is 9.63. The van der Waals surface area contributed by atoms with E-state index in [9.17, 15) is 0 Å². The lowest BCUT2D eigenvalue weighted by Crippen LogP contribution is -2.00. The van der Waals surface area contributed by atoms with Crippen LogP contribution in [0.5, 0.6) is 5.75 Å². The number of hydrogen-bond acceptors (Lipinski definition) is 3. The summed E-state index contributed by atoms with van der Waals surface area (Å²) in [5.74, 6) is 0.726. The minimum atomic E-state index is 0.398. The maximum Gasteiger partial charge on any atom is 0.148 e. The maximum absolute atomic E-state index is 8.88. The molecule has 0 saturated heterocycles. The highest BCUT2D eigenvalue weighted by molar-refractivity contribution is 9.11. The van der Waals surface area contributed by atoms with Crippen molar-refractivity contribution in [1.29, 1.82) is 5.26 Å². The minimum Gasteiger partial charge on any atom is -0.487 e. The summed E-state index contributed by atoms with van der Waals surface area (Å²) in [6.07, 6.45) is 0. The van der Waals surface area contributed by atoms with Crippen molar-refractivity contribution < 1.29 is 4.74 Å². The number of nitriles is 1. The van der Waals surface area contributed by atoms with E-state index in [2.05, 4.69) is 37.9 Å². The molecule has 0 aliphatic rings. The number of nitrogens with zero attached hydrogens (tertiary/aromatic N) is 1. The molecule has 0 spiro atoms. The SMILES string of the molecule is N#Cc1cccc(COc2c(Br)cc(CN)cc2Br)c1. The van der Waals surface area contributed by atoms with E-state index >= 15 is 0 Å². The molecule has 20 heavy (non-hydrogen) atoms. The fraction of sp³-hybridized carbons (Fsp3) is 0.133. The van der Waals surface area contributed by atoms with Crippen LogP contribution >= 0.6 is 31.9 Å². The van der Waals surface area contributed by atoms with E-state index in [1.54, 1.807) is 6.07 Å². The highest BCUT2D eigenvalue weighted by Gasteiger charge is 2.09. The summed E-state index contributed by atoms with van der Waals surface area (Å²) >= 11 is 6.96. The molecule has 2 rings (SSSR count). The third kappa shape index (κ3) is 3.60. The predicted molar refractivity (Wildman–Crippen MR) is 85.2 cm³/mol. The summed E-state index contributed by atoms with van der Waals surface area (Å²) in [6.45, 7) is 0.871. The molecule has 5 heteroatoms. The van der Waals surface area contributed by atoms with Gasteiger partial charge < -0.3 is 10.5 Å². The molecule has 2 N–H and O–H groups in total. The molecule has 2 aromatic carbocycles. The molecule has 0 unspecified atom stereocenters. The average Bonchev–Trinajstić information content (AvgIpc) is 2.46. The van der Waals surface area contributed by atoms with Crippen LogP contribution in [0.3, 0.4) is 0 Å². The van der Waals surface area contributed by atoms with Gasteiger partial charge in [0.05, 0.1) is 20.6 Å². The monoisotopic (exact) mass is 394 g/mol. The van der Waals surface area contributed by atoms with Crippen LogP contribution < -0.4 is 10.5 Å². The first-order valence-electron chi connectivity index (χ1n) is 5.94. The van der Waals surface area contributed by atoms with Crippen molar-refractivity contribution in [2.45, 2.75) is 13.2 Å². The number of hydrogen-bond donors (Lipinski definition) is 1. The molecule has 2 aromatic rings. The zero-order valence-corrected chi connectivity index (χ0v) is 13.7. The fourth-order valence-electron chi connectivity index (χ4n) is 1.75. The highest BCUT2D eigenvalue weighted by atomic mass is 79.9. The smallest absolute Gasteiger partial charge is 0.148 e. The van der Waals surface area contributed by atoms with Gasteiger partial charge in [-0.2, -0.15) is 5.26 Å². The summed E-state index contributed by atoms with van der Waals surface area (Å²) < 4.78 is 7.51. The largest absolute Gasteiger partial charge is 0.487 e. The van der Waals surface area contributed by atoms with Crippen molar-refractivity contribution in [3.05, 3.63) is 62.0 Å². The molecular weight excluding hydrogens is 384 g/mol. The molecule has 0 aliphatic heterocycles. The Kier molecular flexibility index (Phi) is 5.18. The Morgan fingerprint density at radius 1 is 1.10 bits per heavy atom. The first kappa shape index (κ1) is 15.0. The van der Waals surface area contributed by atoms with E-state index < -0.39 is 0 Å². The third-order valence-corrected chi connectivity index (χ3v) is 3.91. The molecule has 0 amide bonds. The summed E-state index contributed by atoms with van der Waals surface area (Å²) in [5.41, 5.74) is 8.22. The molecule has 0 bridgehead atoms. The average molecular weight is 396 g/mol. The van der Waals surface area contributed by atoms with Gasteiger partial charge in [0.15, 0.2) is 0 Å². The van der Waals surface area contributed by atoms with Gasteiger partial charge in [0.1, 0.15) is 12.4 Å². The van der Waals surface area contributed by atoms with Crippen molar-refractivity contribution in [2.75, 3.05) is 0 Å². The van der Waals surface area contributed by atoms with Crippen LogP contribution in [-0.2, 0) is 13.2 Å². The van der Waals surface area contributed by atoms with Crippen LogP contribution in [0, 0.1) is 11.3 Å². The Balaban J connectivity index is 2.17. The Morgan fingerprint density at radius 3 is 2.40 bits per heavy atom. The molecule has 0 radical (unpaired) electrons. The number of halogens is 2. The lowest BCUT2D eigenvalue weighted by atomic mass is 10.1. The lowest BCUT2D eigenvalue weighted by Gasteiger charge is -2.12. The molecule has 3 nitrogen and oxygen atoms in total.